The molecular formula is C11H11N5O2. The second kappa shape index (κ2) is 4.10. The van der Waals surface area contributed by atoms with Crippen LogP contribution in [0.4, 0.5) is 0 Å². The predicted octanol–water partition coefficient (Wildman–Crippen LogP) is 0.228. The minimum absolute atomic E-state index is 0.108. The van der Waals surface area contributed by atoms with Crippen molar-refractivity contribution in [2.75, 3.05) is 5.43 Å². The quantitative estimate of drug-likeness (QED) is 0.809. The van der Waals surface area contributed by atoms with E-state index in [1.807, 2.05) is 0 Å². The second-order valence-electron chi connectivity index (χ2n) is 4.18. The third kappa shape index (κ3) is 2.15. The van der Waals surface area contributed by atoms with E-state index < -0.39 is 5.91 Å². The van der Waals surface area contributed by atoms with Gasteiger partial charge in [0, 0.05) is 18.2 Å². The SMILES string of the molecule is O=C(Nn1cccn1)c1cc(=O)[nH]c(C2CC2)n1. The fraction of sp³-hybridized carbons (Fsp3) is 0.273. The van der Waals surface area contributed by atoms with Crippen LogP contribution < -0.4 is 11.0 Å². The lowest BCUT2D eigenvalue weighted by molar-refractivity contribution is 0.1000. The molecule has 2 aromatic rings. The van der Waals surface area contributed by atoms with Gasteiger partial charge in [0.25, 0.3) is 11.5 Å². The number of nitrogens with zero attached hydrogens (tertiary/aromatic N) is 3. The Morgan fingerprint density at radius 3 is 3.00 bits per heavy atom. The minimum atomic E-state index is -0.452. The summed E-state index contributed by atoms with van der Waals surface area (Å²) in [5, 5.41) is 3.85. The second-order valence-corrected chi connectivity index (χ2v) is 4.18. The number of hydrogen-bond donors (Lipinski definition) is 2. The molecule has 0 spiro atoms. The van der Waals surface area contributed by atoms with Gasteiger partial charge in [-0.15, -0.1) is 0 Å². The molecule has 2 N–H and O–H groups in total. The van der Waals surface area contributed by atoms with Crippen molar-refractivity contribution in [3.8, 4) is 0 Å². The van der Waals surface area contributed by atoms with Crippen LogP contribution in [0.15, 0.2) is 29.3 Å². The van der Waals surface area contributed by atoms with E-state index in [1.54, 1.807) is 18.5 Å². The molecule has 7 nitrogen and oxygen atoms in total. The number of H-pyrrole nitrogens is 1. The first-order chi connectivity index (χ1) is 8.72. The third-order valence-corrected chi connectivity index (χ3v) is 2.68. The normalized spacial score (nSPS) is 14.4. The molecule has 0 aliphatic heterocycles. The summed E-state index contributed by atoms with van der Waals surface area (Å²) in [6.45, 7) is 0. The molecule has 0 atom stereocenters. The van der Waals surface area contributed by atoms with Crippen LogP contribution in [-0.4, -0.2) is 25.8 Å². The maximum Gasteiger partial charge on any atom is 0.290 e. The molecule has 1 amide bonds. The molecule has 18 heavy (non-hydrogen) atoms. The number of hydrogen-bond acceptors (Lipinski definition) is 4. The van der Waals surface area contributed by atoms with Gasteiger partial charge in [-0.2, -0.15) is 9.89 Å². The fourth-order valence-corrected chi connectivity index (χ4v) is 1.64. The number of aromatic amines is 1. The van der Waals surface area contributed by atoms with Gasteiger partial charge in [0.15, 0.2) is 0 Å². The molecule has 0 saturated heterocycles. The Kier molecular flexibility index (Phi) is 2.44. The first kappa shape index (κ1) is 10.7. The molecule has 7 heteroatoms. The number of nitrogens with one attached hydrogen (secondary N) is 2. The zero-order valence-electron chi connectivity index (χ0n) is 9.46. The highest BCUT2D eigenvalue weighted by molar-refractivity contribution is 5.98. The van der Waals surface area contributed by atoms with E-state index in [0.29, 0.717) is 5.82 Å². The van der Waals surface area contributed by atoms with Crippen LogP contribution in [-0.2, 0) is 0 Å². The monoisotopic (exact) mass is 245 g/mol. The molecule has 1 fully saturated rings. The van der Waals surface area contributed by atoms with E-state index in [0.717, 1.165) is 12.8 Å². The van der Waals surface area contributed by atoms with Gasteiger partial charge in [-0.05, 0) is 18.9 Å². The van der Waals surface area contributed by atoms with Crippen molar-refractivity contribution in [1.29, 1.82) is 0 Å². The molecule has 0 aromatic carbocycles. The summed E-state index contributed by atoms with van der Waals surface area (Å²) in [5.74, 6) is 0.426. The maximum absolute atomic E-state index is 11.9. The molecular weight excluding hydrogens is 234 g/mol. The van der Waals surface area contributed by atoms with Crippen LogP contribution in [0.5, 0.6) is 0 Å². The zero-order valence-corrected chi connectivity index (χ0v) is 9.46. The van der Waals surface area contributed by atoms with Gasteiger partial charge in [-0.1, -0.05) is 0 Å². The van der Waals surface area contributed by atoms with Gasteiger partial charge >= 0.3 is 0 Å². The summed E-state index contributed by atoms with van der Waals surface area (Å²) in [5.41, 5.74) is 2.30. The Balaban J connectivity index is 1.86. The van der Waals surface area contributed by atoms with Crippen molar-refractivity contribution in [2.24, 2.45) is 0 Å². The Labute approximate surface area is 102 Å². The Morgan fingerprint density at radius 2 is 2.33 bits per heavy atom. The average Bonchev–Trinajstić information content (AvgIpc) is 3.08. The molecule has 1 aliphatic rings. The Morgan fingerprint density at radius 1 is 1.50 bits per heavy atom. The van der Waals surface area contributed by atoms with Crippen molar-refractivity contribution < 1.29 is 4.79 Å². The van der Waals surface area contributed by atoms with Crippen LogP contribution >= 0.6 is 0 Å². The molecule has 2 aromatic heterocycles. The van der Waals surface area contributed by atoms with Crippen LogP contribution in [0.1, 0.15) is 35.1 Å². The Hall–Kier alpha value is -2.44. The van der Waals surface area contributed by atoms with Gasteiger partial charge in [0.05, 0.1) is 6.20 Å². The molecule has 0 radical (unpaired) electrons. The number of rotatable bonds is 3. The molecule has 0 bridgehead atoms. The van der Waals surface area contributed by atoms with E-state index in [1.165, 1.54) is 10.9 Å². The zero-order chi connectivity index (χ0) is 12.5. The predicted molar refractivity (Wildman–Crippen MR) is 62.8 cm³/mol. The molecule has 3 rings (SSSR count). The number of aromatic nitrogens is 4. The number of amides is 1. The summed E-state index contributed by atoms with van der Waals surface area (Å²) in [6, 6.07) is 2.87. The molecule has 1 saturated carbocycles. The van der Waals surface area contributed by atoms with Crippen molar-refractivity contribution in [1.82, 2.24) is 19.9 Å². The van der Waals surface area contributed by atoms with Crippen molar-refractivity contribution in [2.45, 2.75) is 18.8 Å². The molecule has 92 valence electrons. The molecule has 0 unspecified atom stereocenters. The minimum Gasteiger partial charge on any atom is -0.310 e. The number of carbonyl (C=O) groups excluding carboxylic acids is 1. The fourth-order valence-electron chi connectivity index (χ4n) is 1.64. The largest absolute Gasteiger partial charge is 0.310 e. The van der Waals surface area contributed by atoms with Gasteiger partial charge in [-0.25, -0.2) is 10.4 Å². The van der Waals surface area contributed by atoms with Gasteiger partial charge in [0.2, 0.25) is 0 Å². The van der Waals surface area contributed by atoms with Crippen LogP contribution in [0.25, 0.3) is 0 Å². The summed E-state index contributed by atoms with van der Waals surface area (Å²) < 4.78 is 0. The van der Waals surface area contributed by atoms with Gasteiger partial charge in [0.1, 0.15) is 11.5 Å². The highest BCUT2D eigenvalue weighted by atomic mass is 16.2. The lowest BCUT2D eigenvalue weighted by Crippen LogP contribution is -2.26. The van der Waals surface area contributed by atoms with E-state index >= 15 is 0 Å². The lowest BCUT2D eigenvalue weighted by Gasteiger charge is -2.05. The Bertz CT molecular complexity index is 627. The standard InChI is InChI=1S/C11H11N5O2/c17-9-6-8(13-10(14-9)7-2-3-7)11(18)15-16-5-1-4-12-16/h1,4-7H,2-3H2,(H,15,18)(H,13,14,17). The van der Waals surface area contributed by atoms with Crippen LogP contribution in [0, 0.1) is 0 Å². The van der Waals surface area contributed by atoms with E-state index in [2.05, 4.69) is 20.5 Å². The van der Waals surface area contributed by atoms with Crippen molar-refractivity contribution in [3.05, 3.63) is 46.4 Å². The third-order valence-electron chi connectivity index (χ3n) is 2.68. The first-order valence-electron chi connectivity index (χ1n) is 5.64. The van der Waals surface area contributed by atoms with E-state index in [9.17, 15) is 9.59 Å². The highest BCUT2D eigenvalue weighted by Crippen LogP contribution is 2.37. The highest BCUT2D eigenvalue weighted by Gasteiger charge is 2.27. The van der Waals surface area contributed by atoms with Crippen LogP contribution in [0.3, 0.4) is 0 Å². The summed E-state index contributed by atoms with van der Waals surface area (Å²) >= 11 is 0. The summed E-state index contributed by atoms with van der Waals surface area (Å²) in [4.78, 5) is 31.4. The van der Waals surface area contributed by atoms with Gasteiger partial charge < -0.3 is 4.98 Å². The lowest BCUT2D eigenvalue weighted by atomic mass is 10.3. The van der Waals surface area contributed by atoms with Gasteiger partial charge in [-0.3, -0.25) is 9.59 Å². The summed E-state index contributed by atoms with van der Waals surface area (Å²) in [6.07, 6.45) is 5.15. The van der Waals surface area contributed by atoms with Crippen molar-refractivity contribution in [3.63, 3.8) is 0 Å². The summed E-state index contributed by atoms with van der Waals surface area (Å²) in [7, 11) is 0. The van der Waals surface area contributed by atoms with Crippen LogP contribution in [0.2, 0.25) is 0 Å². The topological polar surface area (TPSA) is 92.7 Å². The first-order valence-corrected chi connectivity index (χ1v) is 5.64. The maximum atomic E-state index is 11.9. The molecule has 2 heterocycles. The number of carbonyl (C=O) groups is 1. The average molecular weight is 245 g/mol. The van der Waals surface area contributed by atoms with E-state index in [4.69, 9.17) is 0 Å². The van der Waals surface area contributed by atoms with E-state index in [-0.39, 0.29) is 17.2 Å². The smallest absolute Gasteiger partial charge is 0.290 e. The molecule has 1 aliphatic carbocycles. The van der Waals surface area contributed by atoms with Crippen molar-refractivity contribution >= 4 is 5.91 Å².